The molecule has 1 N–H and O–H groups in total. The standard InChI is InChI=1S/C10H9BrF3NO/c11-5-9(16)15-6-7-1-3-8(4-2-7)10(12,13)14/h1-4H,5-6H2,(H,15,16). The van der Waals surface area contributed by atoms with Gasteiger partial charge in [0.25, 0.3) is 0 Å². The highest BCUT2D eigenvalue weighted by Crippen LogP contribution is 2.28. The number of carbonyl (C=O) groups is 1. The van der Waals surface area contributed by atoms with E-state index in [0.717, 1.165) is 12.1 Å². The number of alkyl halides is 4. The van der Waals surface area contributed by atoms with E-state index in [2.05, 4.69) is 21.2 Å². The highest BCUT2D eigenvalue weighted by Gasteiger charge is 2.29. The van der Waals surface area contributed by atoms with E-state index < -0.39 is 11.7 Å². The van der Waals surface area contributed by atoms with Crippen LogP contribution < -0.4 is 5.32 Å². The van der Waals surface area contributed by atoms with Gasteiger partial charge in [-0.15, -0.1) is 0 Å². The minimum atomic E-state index is -4.32. The Hall–Kier alpha value is -1.04. The Kier molecular flexibility index (Phi) is 4.35. The number of halogens is 4. The molecule has 16 heavy (non-hydrogen) atoms. The van der Waals surface area contributed by atoms with Gasteiger partial charge in [-0.1, -0.05) is 28.1 Å². The first-order valence-corrected chi connectivity index (χ1v) is 5.54. The molecule has 0 fully saturated rings. The predicted molar refractivity (Wildman–Crippen MR) is 57.1 cm³/mol. The highest BCUT2D eigenvalue weighted by molar-refractivity contribution is 9.09. The largest absolute Gasteiger partial charge is 0.416 e. The van der Waals surface area contributed by atoms with Crippen molar-refractivity contribution in [3.8, 4) is 0 Å². The monoisotopic (exact) mass is 295 g/mol. The molecule has 88 valence electrons. The summed E-state index contributed by atoms with van der Waals surface area (Å²) in [5.74, 6) is -0.208. The number of hydrogen-bond acceptors (Lipinski definition) is 1. The number of hydrogen-bond donors (Lipinski definition) is 1. The molecule has 0 heterocycles. The maximum Gasteiger partial charge on any atom is 0.416 e. The number of amides is 1. The van der Waals surface area contributed by atoms with Crippen LogP contribution in [0, 0.1) is 0 Å². The van der Waals surface area contributed by atoms with Crippen LogP contribution in [0.25, 0.3) is 0 Å². The van der Waals surface area contributed by atoms with E-state index in [-0.39, 0.29) is 17.8 Å². The Morgan fingerprint density at radius 2 is 1.81 bits per heavy atom. The van der Waals surface area contributed by atoms with Crippen LogP contribution in [-0.4, -0.2) is 11.2 Å². The Bertz CT molecular complexity index is 361. The van der Waals surface area contributed by atoms with Crippen molar-refractivity contribution in [3.63, 3.8) is 0 Å². The SMILES string of the molecule is O=C(CBr)NCc1ccc(C(F)(F)F)cc1. The van der Waals surface area contributed by atoms with Crippen molar-refractivity contribution in [1.29, 1.82) is 0 Å². The van der Waals surface area contributed by atoms with Gasteiger partial charge >= 0.3 is 6.18 Å². The van der Waals surface area contributed by atoms with E-state index in [4.69, 9.17) is 0 Å². The van der Waals surface area contributed by atoms with E-state index in [1.165, 1.54) is 12.1 Å². The fourth-order valence-corrected chi connectivity index (χ4v) is 1.26. The third-order valence-electron chi connectivity index (χ3n) is 1.89. The molecule has 0 aromatic heterocycles. The molecule has 1 amide bonds. The zero-order valence-electron chi connectivity index (χ0n) is 8.14. The zero-order valence-corrected chi connectivity index (χ0v) is 9.73. The van der Waals surface area contributed by atoms with E-state index in [0.29, 0.717) is 5.56 Å². The molecule has 1 rings (SSSR count). The van der Waals surface area contributed by atoms with Gasteiger partial charge < -0.3 is 5.32 Å². The lowest BCUT2D eigenvalue weighted by atomic mass is 10.1. The lowest BCUT2D eigenvalue weighted by Crippen LogP contribution is -2.23. The molecular weight excluding hydrogens is 287 g/mol. The van der Waals surface area contributed by atoms with Crippen LogP contribution in [0.2, 0.25) is 0 Å². The normalized spacial score (nSPS) is 11.2. The molecular formula is C10H9BrF3NO. The molecule has 0 spiro atoms. The van der Waals surface area contributed by atoms with Gasteiger partial charge in [0, 0.05) is 6.54 Å². The van der Waals surface area contributed by atoms with Gasteiger partial charge in [0.1, 0.15) is 0 Å². The Morgan fingerprint density at radius 1 is 1.25 bits per heavy atom. The summed E-state index contributed by atoms with van der Waals surface area (Å²) < 4.78 is 36.6. The summed E-state index contributed by atoms with van der Waals surface area (Å²) in [5, 5.41) is 2.71. The lowest BCUT2D eigenvalue weighted by Gasteiger charge is -2.08. The van der Waals surface area contributed by atoms with Crippen LogP contribution in [0.15, 0.2) is 24.3 Å². The van der Waals surface area contributed by atoms with E-state index in [1.807, 2.05) is 0 Å². The summed E-state index contributed by atoms with van der Waals surface area (Å²) in [6, 6.07) is 4.68. The van der Waals surface area contributed by atoms with Crippen molar-refractivity contribution in [2.45, 2.75) is 12.7 Å². The summed E-state index contributed by atoms with van der Waals surface area (Å²) in [5.41, 5.74) is -0.0645. The summed E-state index contributed by atoms with van der Waals surface area (Å²) in [7, 11) is 0. The molecule has 0 saturated heterocycles. The molecule has 0 saturated carbocycles. The minimum absolute atomic E-state index is 0.174. The summed E-state index contributed by atoms with van der Waals surface area (Å²) >= 11 is 2.97. The molecule has 1 aromatic carbocycles. The van der Waals surface area contributed by atoms with Gasteiger partial charge in [0.2, 0.25) is 5.91 Å². The van der Waals surface area contributed by atoms with Crippen LogP contribution in [0.3, 0.4) is 0 Å². The van der Waals surface area contributed by atoms with Crippen molar-refractivity contribution in [1.82, 2.24) is 5.32 Å². The first-order valence-electron chi connectivity index (χ1n) is 4.42. The Morgan fingerprint density at radius 3 is 2.25 bits per heavy atom. The Balaban J connectivity index is 2.62. The molecule has 0 aliphatic rings. The van der Waals surface area contributed by atoms with Crippen molar-refractivity contribution < 1.29 is 18.0 Å². The van der Waals surface area contributed by atoms with Gasteiger partial charge in [-0.05, 0) is 17.7 Å². The smallest absolute Gasteiger partial charge is 0.351 e. The van der Waals surface area contributed by atoms with Crippen molar-refractivity contribution >= 4 is 21.8 Å². The molecule has 1 aromatic rings. The van der Waals surface area contributed by atoms with Crippen LogP contribution in [0.5, 0.6) is 0 Å². The number of carbonyl (C=O) groups excluding carboxylic acids is 1. The van der Waals surface area contributed by atoms with Crippen molar-refractivity contribution in [2.75, 3.05) is 5.33 Å². The van der Waals surface area contributed by atoms with Crippen LogP contribution >= 0.6 is 15.9 Å². The molecule has 2 nitrogen and oxygen atoms in total. The topological polar surface area (TPSA) is 29.1 Å². The average molecular weight is 296 g/mol. The van der Waals surface area contributed by atoms with Gasteiger partial charge in [0.05, 0.1) is 10.9 Å². The summed E-state index contributed by atoms with van der Waals surface area (Å²) in [6.45, 7) is 0.225. The van der Waals surface area contributed by atoms with E-state index >= 15 is 0 Å². The van der Waals surface area contributed by atoms with Crippen LogP contribution in [0.1, 0.15) is 11.1 Å². The maximum atomic E-state index is 12.2. The third kappa shape index (κ3) is 3.84. The van der Waals surface area contributed by atoms with Gasteiger partial charge in [0.15, 0.2) is 0 Å². The third-order valence-corrected chi connectivity index (χ3v) is 2.40. The molecule has 0 bridgehead atoms. The fourth-order valence-electron chi connectivity index (χ4n) is 1.06. The van der Waals surface area contributed by atoms with Crippen LogP contribution in [0.4, 0.5) is 13.2 Å². The van der Waals surface area contributed by atoms with Gasteiger partial charge in [-0.3, -0.25) is 4.79 Å². The minimum Gasteiger partial charge on any atom is -0.351 e. The maximum absolute atomic E-state index is 12.2. The number of rotatable bonds is 3. The fraction of sp³-hybridized carbons (Fsp3) is 0.300. The zero-order chi connectivity index (χ0) is 12.2. The molecule has 0 unspecified atom stereocenters. The van der Waals surface area contributed by atoms with Gasteiger partial charge in [-0.25, -0.2) is 0 Å². The van der Waals surface area contributed by atoms with Gasteiger partial charge in [-0.2, -0.15) is 13.2 Å². The number of nitrogens with one attached hydrogen (secondary N) is 1. The first-order chi connectivity index (χ1) is 7.43. The highest BCUT2D eigenvalue weighted by atomic mass is 79.9. The molecule has 0 atom stereocenters. The van der Waals surface area contributed by atoms with Crippen LogP contribution in [-0.2, 0) is 17.5 Å². The van der Waals surface area contributed by atoms with E-state index in [9.17, 15) is 18.0 Å². The van der Waals surface area contributed by atoms with Crippen molar-refractivity contribution in [2.24, 2.45) is 0 Å². The number of benzene rings is 1. The lowest BCUT2D eigenvalue weighted by molar-refractivity contribution is -0.137. The molecule has 0 aliphatic carbocycles. The molecule has 0 aliphatic heterocycles. The second-order valence-electron chi connectivity index (χ2n) is 3.11. The quantitative estimate of drug-likeness (QED) is 0.854. The summed E-state index contributed by atoms with van der Waals surface area (Å²) in [4.78, 5) is 10.9. The Labute approximate surface area is 99.0 Å². The second-order valence-corrected chi connectivity index (χ2v) is 3.67. The molecule has 6 heteroatoms. The second kappa shape index (κ2) is 5.34. The average Bonchev–Trinajstić information content (AvgIpc) is 2.25. The summed E-state index contributed by atoms with van der Waals surface area (Å²) in [6.07, 6.45) is -4.32. The van der Waals surface area contributed by atoms with Crippen molar-refractivity contribution in [3.05, 3.63) is 35.4 Å². The van der Waals surface area contributed by atoms with E-state index in [1.54, 1.807) is 0 Å². The predicted octanol–water partition coefficient (Wildman–Crippen LogP) is 2.72. The first kappa shape index (κ1) is 13.0. The molecule has 0 radical (unpaired) electrons.